The van der Waals surface area contributed by atoms with Crippen molar-refractivity contribution in [3.63, 3.8) is 0 Å². The second kappa shape index (κ2) is 5.43. The Morgan fingerprint density at radius 1 is 1.32 bits per heavy atom. The molecule has 6 heteroatoms. The highest BCUT2D eigenvalue weighted by molar-refractivity contribution is 5.44. The molecule has 0 atom stereocenters. The maximum atomic E-state index is 10.9. The van der Waals surface area contributed by atoms with E-state index in [2.05, 4.69) is 9.97 Å². The average molecular weight is 258 g/mol. The van der Waals surface area contributed by atoms with Crippen LogP contribution in [0.5, 0.6) is 0 Å². The van der Waals surface area contributed by atoms with Crippen LogP contribution in [0.25, 0.3) is 0 Å². The molecule has 2 N–H and O–H groups in total. The van der Waals surface area contributed by atoms with Gasteiger partial charge in [0.2, 0.25) is 0 Å². The van der Waals surface area contributed by atoms with Crippen LogP contribution in [-0.4, -0.2) is 14.9 Å². The van der Waals surface area contributed by atoms with Crippen molar-refractivity contribution in [2.75, 3.05) is 5.73 Å². The molecule has 2 aromatic rings. The van der Waals surface area contributed by atoms with Gasteiger partial charge in [-0.15, -0.1) is 0 Å². The fourth-order valence-corrected chi connectivity index (χ4v) is 1.75. The molecule has 0 unspecified atom stereocenters. The molecule has 0 aliphatic carbocycles. The standard InChI is InChI=1S/C13H14N4O2/c1-2-9-3-4-10(15-8-9)7-11-12(17(18)19)5-6-13(14)16-11/h3-6,8H,2,7H2,1H3,(H2,14,16). The van der Waals surface area contributed by atoms with Crippen LogP contribution in [-0.2, 0) is 12.8 Å². The molecule has 0 bridgehead atoms. The van der Waals surface area contributed by atoms with E-state index >= 15 is 0 Å². The van der Waals surface area contributed by atoms with E-state index in [1.807, 2.05) is 19.1 Å². The largest absolute Gasteiger partial charge is 0.384 e. The van der Waals surface area contributed by atoms with E-state index in [0.717, 1.165) is 17.7 Å². The number of hydrogen-bond donors (Lipinski definition) is 1. The van der Waals surface area contributed by atoms with Gasteiger partial charge in [0.15, 0.2) is 0 Å². The van der Waals surface area contributed by atoms with E-state index in [4.69, 9.17) is 5.73 Å². The molecule has 0 saturated carbocycles. The molecular formula is C13H14N4O2. The number of nitrogen functional groups attached to an aromatic ring is 1. The Morgan fingerprint density at radius 3 is 2.68 bits per heavy atom. The van der Waals surface area contributed by atoms with E-state index in [0.29, 0.717) is 12.1 Å². The Labute approximate surface area is 110 Å². The summed E-state index contributed by atoms with van der Waals surface area (Å²) >= 11 is 0. The fourth-order valence-electron chi connectivity index (χ4n) is 1.75. The van der Waals surface area contributed by atoms with Gasteiger partial charge in [-0.25, -0.2) is 4.98 Å². The second-order valence-corrected chi connectivity index (χ2v) is 4.15. The molecule has 0 aliphatic heterocycles. The van der Waals surface area contributed by atoms with Crippen molar-refractivity contribution >= 4 is 11.5 Å². The fraction of sp³-hybridized carbons (Fsp3) is 0.231. The Morgan fingerprint density at radius 2 is 2.11 bits per heavy atom. The highest BCUT2D eigenvalue weighted by atomic mass is 16.6. The van der Waals surface area contributed by atoms with Crippen LogP contribution < -0.4 is 5.73 Å². The van der Waals surface area contributed by atoms with E-state index in [1.165, 1.54) is 12.1 Å². The van der Waals surface area contributed by atoms with E-state index in [1.54, 1.807) is 6.20 Å². The first-order valence-electron chi connectivity index (χ1n) is 5.93. The van der Waals surface area contributed by atoms with Gasteiger partial charge >= 0.3 is 0 Å². The van der Waals surface area contributed by atoms with Gasteiger partial charge in [0.1, 0.15) is 11.5 Å². The summed E-state index contributed by atoms with van der Waals surface area (Å²) in [6, 6.07) is 6.61. The van der Waals surface area contributed by atoms with Crippen molar-refractivity contribution in [2.45, 2.75) is 19.8 Å². The van der Waals surface area contributed by atoms with Crippen molar-refractivity contribution in [3.8, 4) is 0 Å². The van der Waals surface area contributed by atoms with Gasteiger partial charge in [0, 0.05) is 24.4 Å². The number of aromatic nitrogens is 2. The first kappa shape index (κ1) is 12.9. The summed E-state index contributed by atoms with van der Waals surface area (Å²) in [5, 5.41) is 10.9. The summed E-state index contributed by atoms with van der Waals surface area (Å²) in [4.78, 5) is 18.8. The van der Waals surface area contributed by atoms with Gasteiger partial charge in [-0.2, -0.15) is 0 Å². The SMILES string of the molecule is CCc1ccc(Cc2nc(N)ccc2[N+](=O)[O-])nc1. The topological polar surface area (TPSA) is 94.9 Å². The van der Waals surface area contributed by atoms with Crippen LogP contribution in [0.15, 0.2) is 30.5 Å². The maximum absolute atomic E-state index is 10.9. The smallest absolute Gasteiger partial charge is 0.291 e. The maximum Gasteiger partial charge on any atom is 0.291 e. The lowest BCUT2D eigenvalue weighted by atomic mass is 10.1. The summed E-state index contributed by atoms with van der Waals surface area (Å²) in [6.45, 7) is 2.04. The molecule has 0 amide bonds. The number of nitrogens with two attached hydrogens (primary N) is 1. The lowest BCUT2D eigenvalue weighted by Gasteiger charge is -2.04. The Bertz CT molecular complexity index is 596. The summed E-state index contributed by atoms with van der Waals surface area (Å²) in [5.41, 5.74) is 7.73. The third-order valence-corrected chi connectivity index (χ3v) is 2.81. The zero-order chi connectivity index (χ0) is 13.8. The normalized spacial score (nSPS) is 10.4. The molecule has 0 aliphatic rings. The molecular weight excluding hydrogens is 244 g/mol. The van der Waals surface area contributed by atoms with Gasteiger partial charge in [-0.3, -0.25) is 15.1 Å². The summed E-state index contributed by atoms with van der Waals surface area (Å²) in [7, 11) is 0. The van der Waals surface area contributed by atoms with Crippen molar-refractivity contribution in [1.82, 2.24) is 9.97 Å². The predicted molar refractivity (Wildman–Crippen MR) is 71.7 cm³/mol. The molecule has 0 aromatic carbocycles. The van der Waals surface area contributed by atoms with Crippen LogP contribution in [0, 0.1) is 10.1 Å². The van der Waals surface area contributed by atoms with Gasteiger partial charge < -0.3 is 5.73 Å². The molecule has 6 nitrogen and oxygen atoms in total. The number of hydrogen-bond acceptors (Lipinski definition) is 5. The third kappa shape index (κ3) is 3.04. The number of aryl methyl sites for hydroxylation is 1. The minimum atomic E-state index is -0.456. The van der Waals surface area contributed by atoms with Gasteiger partial charge in [0.05, 0.1) is 4.92 Å². The van der Waals surface area contributed by atoms with Crippen LogP contribution in [0.2, 0.25) is 0 Å². The number of anilines is 1. The number of pyridine rings is 2. The number of nitrogens with zero attached hydrogens (tertiary/aromatic N) is 3. The van der Waals surface area contributed by atoms with Crippen LogP contribution in [0.1, 0.15) is 23.9 Å². The molecule has 98 valence electrons. The average Bonchev–Trinajstić information content (AvgIpc) is 2.39. The minimum Gasteiger partial charge on any atom is -0.384 e. The zero-order valence-electron chi connectivity index (χ0n) is 10.5. The third-order valence-electron chi connectivity index (χ3n) is 2.81. The van der Waals surface area contributed by atoms with Gasteiger partial charge in [-0.1, -0.05) is 13.0 Å². The summed E-state index contributed by atoms with van der Waals surface area (Å²) in [5.74, 6) is 0.269. The Balaban J connectivity index is 2.31. The number of nitro groups is 1. The number of rotatable bonds is 4. The molecule has 19 heavy (non-hydrogen) atoms. The molecule has 2 aromatic heterocycles. The molecule has 0 radical (unpaired) electrons. The molecule has 0 fully saturated rings. The van der Waals surface area contributed by atoms with Gasteiger partial charge in [-0.05, 0) is 24.1 Å². The Hall–Kier alpha value is -2.50. The minimum absolute atomic E-state index is 0.0319. The van der Waals surface area contributed by atoms with Crippen LogP contribution in [0.4, 0.5) is 11.5 Å². The second-order valence-electron chi connectivity index (χ2n) is 4.15. The van der Waals surface area contributed by atoms with Crippen molar-refractivity contribution in [3.05, 3.63) is 57.5 Å². The molecule has 0 saturated heterocycles. The molecule has 2 heterocycles. The monoisotopic (exact) mass is 258 g/mol. The Kier molecular flexibility index (Phi) is 3.70. The first-order chi connectivity index (χ1) is 9.10. The van der Waals surface area contributed by atoms with Crippen molar-refractivity contribution < 1.29 is 4.92 Å². The predicted octanol–water partition coefficient (Wildman–Crippen LogP) is 2.12. The van der Waals surface area contributed by atoms with Crippen LogP contribution in [0.3, 0.4) is 0 Å². The quantitative estimate of drug-likeness (QED) is 0.669. The van der Waals surface area contributed by atoms with E-state index < -0.39 is 4.92 Å². The zero-order valence-corrected chi connectivity index (χ0v) is 10.5. The lowest BCUT2D eigenvalue weighted by Crippen LogP contribution is -2.03. The molecule has 0 spiro atoms. The highest BCUT2D eigenvalue weighted by Crippen LogP contribution is 2.20. The highest BCUT2D eigenvalue weighted by Gasteiger charge is 2.16. The van der Waals surface area contributed by atoms with Crippen molar-refractivity contribution in [1.29, 1.82) is 0 Å². The molecule has 2 rings (SSSR count). The van der Waals surface area contributed by atoms with E-state index in [-0.39, 0.29) is 11.5 Å². The van der Waals surface area contributed by atoms with E-state index in [9.17, 15) is 10.1 Å². The summed E-state index contributed by atoms with van der Waals surface area (Å²) in [6.07, 6.45) is 2.97. The summed E-state index contributed by atoms with van der Waals surface area (Å²) < 4.78 is 0. The van der Waals surface area contributed by atoms with Gasteiger partial charge in [0.25, 0.3) is 5.69 Å². The first-order valence-corrected chi connectivity index (χ1v) is 5.93. The van der Waals surface area contributed by atoms with Crippen LogP contribution >= 0.6 is 0 Å². The van der Waals surface area contributed by atoms with Crippen molar-refractivity contribution in [2.24, 2.45) is 0 Å². The lowest BCUT2D eigenvalue weighted by molar-refractivity contribution is -0.385.